The number of rotatable bonds is 12. The van der Waals surface area contributed by atoms with E-state index in [0.717, 1.165) is 29.9 Å². The molecule has 1 aromatic rings. The molecule has 2 unspecified atom stereocenters. The molecule has 2 rings (SSSR count). The third-order valence-electron chi connectivity index (χ3n) is 5.00. The molecule has 0 fully saturated rings. The average molecular weight is 475 g/mol. The monoisotopic (exact) mass is 474 g/mol. The molecule has 1 aliphatic rings. The van der Waals surface area contributed by atoms with Crippen molar-refractivity contribution in [2.75, 3.05) is 32.7 Å². The van der Waals surface area contributed by atoms with Gasteiger partial charge in [-0.1, -0.05) is 6.08 Å². The summed E-state index contributed by atoms with van der Waals surface area (Å²) < 4.78 is 54.2. The van der Waals surface area contributed by atoms with Crippen LogP contribution in [-0.4, -0.2) is 48.5 Å². The molecule has 178 valence electrons. The SMILES string of the molecule is COCCC(COc1ccc(C(F)(F)F)cc1)CSC1(C)C=C(C)C(OCC(=O)O)=CC1. The van der Waals surface area contributed by atoms with Gasteiger partial charge < -0.3 is 19.3 Å². The molecule has 0 saturated heterocycles. The summed E-state index contributed by atoms with van der Waals surface area (Å²) in [6.45, 7) is 4.54. The number of thioether (sulfide) groups is 1. The second-order valence-corrected chi connectivity index (χ2v) is 9.44. The highest BCUT2D eigenvalue weighted by Gasteiger charge is 2.30. The molecule has 1 aromatic carbocycles. The van der Waals surface area contributed by atoms with Crippen molar-refractivity contribution in [3.8, 4) is 5.75 Å². The summed E-state index contributed by atoms with van der Waals surface area (Å²) >= 11 is 1.75. The maximum Gasteiger partial charge on any atom is 0.416 e. The summed E-state index contributed by atoms with van der Waals surface area (Å²) in [6.07, 6.45) is 1.07. The first-order valence-electron chi connectivity index (χ1n) is 10.2. The Labute approximate surface area is 190 Å². The third-order valence-corrected chi connectivity index (χ3v) is 6.58. The van der Waals surface area contributed by atoms with Crippen LogP contribution in [0.1, 0.15) is 32.3 Å². The largest absolute Gasteiger partial charge is 0.493 e. The van der Waals surface area contributed by atoms with Crippen molar-refractivity contribution in [2.45, 2.75) is 37.6 Å². The lowest BCUT2D eigenvalue weighted by atomic mass is 9.96. The fraction of sp³-hybridized carbons (Fsp3) is 0.522. The number of aliphatic carboxylic acids is 1. The zero-order valence-electron chi connectivity index (χ0n) is 18.4. The van der Waals surface area contributed by atoms with Gasteiger partial charge in [-0.05, 0) is 62.6 Å². The van der Waals surface area contributed by atoms with Gasteiger partial charge in [0.05, 0.1) is 12.2 Å². The Balaban J connectivity index is 1.92. The van der Waals surface area contributed by atoms with Crippen molar-refractivity contribution in [3.63, 3.8) is 0 Å². The zero-order chi connectivity index (χ0) is 23.8. The van der Waals surface area contributed by atoms with Crippen LogP contribution < -0.4 is 4.74 Å². The number of methoxy groups -OCH3 is 1. The first-order valence-corrected chi connectivity index (χ1v) is 11.2. The van der Waals surface area contributed by atoms with Gasteiger partial charge in [-0.2, -0.15) is 24.9 Å². The molecule has 32 heavy (non-hydrogen) atoms. The molecule has 1 aliphatic carbocycles. The molecule has 0 aliphatic heterocycles. The molecular weight excluding hydrogens is 445 g/mol. The molecule has 1 N–H and O–H groups in total. The summed E-state index contributed by atoms with van der Waals surface area (Å²) in [5.74, 6) is 0.876. The lowest BCUT2D eigenvalue weighted by Gasteiger charge is -2.31. The van der Waals surface area contributed by atoms with Crippen molar-refractivity contribution >= 4 is 17.7 Å². The van der Waals surface area contributed by atoms with Crippen molar-refractivity contribution in [2.24, 2.45) is 5.92 Å². The lowest BCUT2D eigenvalue weighted by molar-refractivity contribution is -0.140. The quantitative estimate of drug-likeness (QED) is 0.428. The van der Waals surface area contributed by atoms with Gasteiger partial charge >= 0.3 is 12.1 Å². The predicted molar refractivity (Wildman–Crippen MR) is 118 cm³/mol. The maximum atomic E-state index is 12.7. The minimum Gasteiger partial charge on any atom is -0.493 e. The van der Waals surface area contributed by atoms with E-state index in [9.17, 15) is 18.0 Å². The van der Waals surface area contributed by atoms with Gasteiger partial charge in [-0.15, -0.1) is 0 Å². The highest BCUT2D eigenvalue weighted by Crippen LogP contribution is 2.38. The van der Waals surface area contributed by atoms with Gasteiger partial charge in [0, 0.05) is 30.1 Å². The summed E-state index contributed by atoms with van der Waals surface area (Å²) in [5.41, 5.74) is 0.186. The number of hydrogen-bond acceptors (Lipinski definition) is 5. The lowest BCUT2D eigenvalue weighted by Crippen LogP contribution is -2.25. The highest BCUT2D eigenvalue weighted by atomic mass is 32.2. The van der Waals surface area contributed by atoms with Gasteiger partial charge in [0.2, 0.25) is 0 Å². The molecule has 0 radical (unpaired) electrons. The Morgan fingerprint density at radius 2 is 1.94 bits per heavy atom. The first kappa shape index (κ1) is 26.1. The number of halogens is 3. The van der Waals surface area contributed by atoms with Gasteiger partial charge in [-0.3, -0.25) is 0 Å². The van der Waals surface area contributed by atoms with Gasteiger partial charge in [-0.25, -0.2) is 4.79 Å². The van der Waals surface area contributed by atoms with E-state index in [4.69, 9.17) is 19.3 Å². The average Bonchev–Trinajstić information content (AvgIpc) is 2.72. The topological polar surface area (TPSA) is 65.0 Å². The molecule has 2 atom stereocenters. The smallest absolute Gasteiger partial charge is 0.416 e. The second-order valence-electron chi connectivity index (χ2n) is 7.89. The number of benzene rings is 1. The number of allylic oxidation sites excluding steroid dienone is 2. The number of alkyl halides is 3. The number of hydrogen-bond donors (Lipinski definition) is 1. The van der Waals surface area contributed by atoms with Crippen LogP contribution in [0.25, 0.3) is 0 Å². The molecule has 0 amide bonds. The van der Waals surface area contributed by atoms with Crippen LogP contribution in [0.5, 0.6) is 5.75 Å². The van der Waals surface area contributed by atoms with E-state index in [0.29, 0.717) is 31.1 Å². The van der Waals surface area contributed by atoms with E-state index in [-0.39, 0.29) is 17.3 Å². The molecular formula is C23H29F3O5S. The van der Waals surface area contributed by atoms with Crippen molar-refractivity contribution in [1.82, 2.24) is 0 Å². The minimum atomic E-state index is -4.37. The summed E-state index contributed by atoms with van der Waals surface area (Å²) in [5, 5.41) is 8.78. The fourth-order valence-electron chi connectivity index (χ4n) is 3.22. The van der Waals surface area contributed by atoms with E-state index < -0.39 is 17.7 Å². The highest BCUT2D eigenvalue weighted by molar-refractivity contribution is 8.00. The summed E-state index contributed by atoms with van der Waals surface area (Å²) in [6, 6.07) is 4.70. The standard InChI is InChI=1S/C23H29F3O5S/c1-16-12-22(2,10-8-20(16)31-14-21(27)28)32-15-17(9-11-29-3)13-30-19-6-4-18(5-7-19)23(24,25)26/h4-8,12,17H,9-11,13-15H2,1-3H3,(H,27,28). The van der Waals surface area contributed by atoms with Crippen LogP contribution in [0.2, 0.25) is 0 Å². The van der Waals surface area contributed by atoms with Crippen molar-refractivity contribution in [3.05, 3.63) is 53.3 Å². The fourth-order valence-corrected chi connectivity index (χ4v) is 4.56. The Bertz CT molecular complexity index is 820. The van der Waals surface area contributed by atoms with Crippen LogP contribution in [0.15, 0.2) is 47.7 Å². The summed E-state index contributed by atoms with van der Waals surface area (Å²) in [4.78, 5) is 10.7. The molecule has 0 saturated carbocycles. The molecule has 0 aromatic heterocycles. The van der Waals surface area contributed by atoms with Crippen molar-refractivity contribution < 1.29 is 37.3 Å². The van der Waals surface area contributed by atoms with E-state index in [1.165, 1.54) is 12.1 Å². The van der Waals surface area contributed by atoms with E-state index >= 15 is 0 Å². The minimum absolute atomic E-state index is 0.140. The Morgan fingerprint density at radius 1 is 1.25 bits per heavy atom. The molecule has 0 bridgehead atoms. The van der Waals surface area contributed by atoms with Crippen molar-refractivity contribution in [1.29, 1.82) is 0 Å². The van der Waals surface area contributed by atoms with E-state index in [2.05, 4.69) is 13.0 Å². The van der Waals surface area contributed by atoms with Crippen LogP contribution in [0, 0.1) is 5.92 Å². The van der Waals surface area contributed by atoms with Crippen LogP contribution in [0.4, 0.5) is 13.2 Å². The van der Waals surface area contributed by atoms with E-state index in [1.54, 1.807) is 18.9 Å². The Morgan fingerprint density at radius 3 is 2.50 bits per heavy atom. The molecule has 0 spiro atoms. The first-order chi connectivity index (χ1) is 15.0. The second kappa shape index (κ2) is 11.7. The molecule has 5 nitrogen and oxygen atoms in total. The van der Waals surface area contributed by atoms with Gasteiger partial charge in [0.15, 0.2) is 6.61 Å². The Hall–Kier alpha value is -2.13. The van der Waals surface area contributed by atoms with Crippen LogP contribution in [0.3, 0.4) is 0 Å². The molecule has 9 heteroatoms. The van der Waals surface area contributed by atoms with Crippen LogP contribution >= 0.6 is 11.8 Å². The number of carboxylic acids is 1. The number of carboxylic acid groups (broad SMARTS) is 1. The number of carbonyl (C=O) groups is 1. The van der Waals surface area contributed by atoms with Gasteiger partial charge in [0.1, 0.15) is 11.5 Å². The van der Waals surface area contributed by atoms with E-state index in [1.807, 2.05) is 13.0 Å². The zero-order valence-corrected chi connectivity index (χ0v) is 19.2. The van der Waals surface area contributed by atoms with Gasteiger partial charge in [0.25, 0.3) is 0 Å². The third kappa shape index (κ3) is 8.43. The molecule has 0 heterocycles. The normalized spacial score (nSPS) is 19.7. The maximum absolute atomic E-state index is 12.7. The Kier molecular flexibility index (Phi) is 9.51. The van der Waals surface area contributed by atoms with Crippen LogP contribution in [-0.2, 0) is 20.4 Å². The number of ether oxygens (including phenoxy) is 3. The predicted octanol–water partition coefficient (Wildman–Crippen LogP) is 5.56. The summed E-state index contributed by atoms with van der Waals surface area (Å²) in [7, 11) is 1.62.